The molecule has 0 aromatic carbocycles. The first-order chi connectivity index (χ1) is 8.25. The topological polar surface area (TPSA) is 59.2 Å². The average Bonchev–Trinajstić information content (AvgIpc) is 2.94. The van der Waals surface area contributed by atoms with Crippen molar-refractivity contribution < 1.29 is 4.79 Å². The van der Waals surface area contributed by atoms with Crippen molar-refractivity contribution >= 4 is 22.4 Å². The van der Waals surface area contributed by atoms with E-state index in [9.17, 15) is 4.79 Å². The van der Waals surface area contributed by atoms with Crippen LogP contribution < -0.4 is 5.73 Å². The van der Waals surface area contributed by atoms with Gasteiger partial charge in [0, 0.05) is 18.0 Å². The van der Waals surface area contributed by atoms with E-state index in [0.29, 0.717) is 16.9 Å². The first kappa shape index (κ1) is 11.0. The van der Waals surface area contributed by atoms with Gasteiger partial charge in [-0.15, -0.1) is 11.3 Å². The number of aromatic nitrogens is 1. The predicted octanol–water partition coefficient (Wildman–Crippen LogP) is 2.13. The molecule has 1 aliphatic heterocycles. The van der Waals surface area contributed by atoms with Crippen LogP contribution in [-0.4, -0.2) is 28.4 Å². The largest absolute Gasteiger partial charge is 0.375 e. The number of likely N-dealkylation sites (tertiary alicyclic amines) is 1. The fourth-order valence-corrected chi connectivity index (χ4v) is 3.73. The number of thiazole rings is 1. The summed E-state index contributed by atoms with van der Waals surface area (Å²) in [7, 11) is 0. The lowest BCUT2D eigenvalue weighted by Gasteiger charge is -2.31. The van der Waals surface area contributed by atoms with Crippen molar-refractivity contribution in [2.75, 3.05) is 12.3 Å². The van der Waals surface area contributed by atoms with Crippen LogP contribution in [0.3, 0.4) is 0 Å². The number of hydrogen-bond acceptors (Lipinski definition) is 4. The smallest absolute Gasteiger partial charge is 0.273 e. The molecule has 2 unspecified atom stereocenters. The predicted molar refractivity (Wildman–Crippen MR) is 67.9 cm³/mol. The lowest BCUT2D eigenvalue weighted by atomic mass is 9.85. The quantitative estimate of drug-likeness (QED) is 0.831. The Kier molecular flexibility index (Phi) is 2.78. The van der Waals surface area contributed by atoms with Gasteiger partial charge in [0.2, 0.25) is 0 Å². The lowest BCUT2D eigenvalue weighted by Crippen LogP contribution is -2.39. The number of carbonyl (C=O) groups is 1. The molecule has 1 saturated carbocycles. The highest BCUT2D eigenvalue weighted by molar-refractivity contribution is 7.13. The number of hydrogen-bond donors (Lipinski definition) is 1. The maximum atomic E-state index is 12.3. The number of anilines is 1. The van der Waals surface area contributed by atoms with Crippen molar-refractivity contribution in [1.82, 2.24) is 9.88 Å². The molecule has 2 N–H and O–H groups in total. The van der Waals surface area contributed by atoms with E-state index in [2.05, 4.69) is 4.98 Å². The molecule has 0 spiro atoms. The minimum Gasteiger partial charge on any atom is -0.375 e. The molecule has 0 radical (unpaired) electrons. The van der Waals surface area contributed by atoms with Crippen LogP contribution >= 0.6 is 11.3 Å². The Morgan fingerprint density at radius 3 is 3.00 bits per heavy atom. The Balaban J connectivity index is 1.78. The van der Waals surface area contributed by atoms with E-state index in [1.165, 1.54) is 30.6 Å². The van der Waals surface area contributed by atoms with Crippen molar-refractivity contribution in [3.63, 3.8) is 0 Å². The number of fused-ring (bicyclic) bond motifs is 1. The summed E-state index contributed by atoms with van der Waals surface area (Å²) in [6, 6.07) is 0.458. The van der Waals surface area contributed by atoms with Crippen LogP contribution in [0.1, 0.15) is 42.6 Å². The molecule has 2 fully saturated rings. The molecule has 0 bridgehead atoms. The zero-order chi connectivity index (χ0) is 11.8. The molecular formula is C12H17N3OS. The van der Waals surface area contributed by atoms with Crippen molar-refractivity contribution in [2.45, 2.75) is 38.1 Å². The summed E-state index contributed by atoms with van der Waals surface area (Å²) in [5, 5.41) is 2.25. The van der Waals surface area contributed by atoms with Crippen LogP contribution in [0.4, 0.5) is 5.13 Å². The van der Waals surface area contributed by atoms with E-state index in [1.807, 2.05) is 4.90 Å². The first-order valence-electron chi connectivity index (χ1n) is 6.27. The number of rotatable bonds is 1. The lowest BCUT2D eigenvalue weighted by molar-refractivity contribution is 0.0685. The summed E-state index contributed by atoms with van der Waals surface area (Å²) in [6.45, 7) is 0.894. The maximum Gasteiger partial charge on any atom is 0.273 e. The molecule has 2 aliphatic rings. The number of amides is 1. The fourth-order valence-electron chi connectivity index (χ4n) is 3.19. The van der Waals surface area contributed by atoms with Gasteiger partial charge >= 0.3 is 0 Å². The highest BCUT2D eigenvalue weighted by atomic mass is 32.1. The minimum absolute atomic E-state index is 0.0763. The third-order valence-corrected chi connectivity index (χ3v) is 4.69. The highest BCUT2D eigenvalue weighted by Crippen LogP contribution is 2.36. The normalized spacial score (nSPS) is 28.1. The SMILES string of the molecule is Nc1nc(C(=O)N2CCC3CCCCC32)cs1. The highest BCUT2D eigenvalue weighted by Gasteiger charge is 2.38. The van der Waals surface area contributed by atoms with Gasteiger partial charge in [-0.2, -0.15) is 0 Å². The fraction of sp³-hybridized carbons (Fsp3) is 0.667. The molecule has 1 amide bonds. The molecule has 1 aliphatic carbocycles. The summed E-state index contributed by atoms with van der Waals surface area (Å²) in [6.07, 6.45) is 6.19. The van der Waals surface area contributed by atoms with Crippen molar-refractivity contribution in [3.8, 4) is 0 Å². The third-order valence-electron chi connectivity index (χ3n) is 4.01. The van der Waals surface area contributed by atoms with Gasteiger partial charge < -0.3 is 10.6 Å². The molecular weight excluding hydrogens is 234 g/mol. The molecule has 2 atom stereocenters. The van der Waals surface area contributed by atoms with Gasteiger partial charge in [0.1, 0.15) is 5.69 Å². The second-order valence-electron chi connectivity index (χ2n) is 4.97. The van der Waals surface area contributed by atoms with Gasteiger partial charge in [-0.1, -0.05) is 12.8 Å². The molecule has 1 aromatic heterocycles. The first-order valence-corrected chi connectivity index (χ1v) is 7.15. The molecule has 3 rings (SSSR count). The van der Waals surface area contributed by atoms with Gasteiger partial charge in [0.15, 0.2) is 5.13 Å². The average molecular weight is 251 g/mol. The van der Waals surface area contributed by atoms with Crippen LogP contribution in [0, 0.1) is 5.92 Å². The summed E-state index contributed by atoms with van der Waals surface area (Å²) < 4.78 is 0. The Labute approximate surface area is 105 Å². The van der Waals surface area contributed by atoms with Gasteiger partial charge in [-0.25, -0.2) is 4.98 Å². The standard InChI is InChI=1S/C12H17N3OS/c13-12-14-9(7-17-12)11(16)15-6-5-8-3-1-2-4-10(8)15/h7-8,10H,1-6H2,(H2,13,14). The Morgan fingerprint density at radius 2 is 2.24 bits per heavy atom. The molecule has 1 saturated heterocycles. The van der Waals surface area contributed by atoms with Gasteiger partial charge in [0.05, 0.1) is 0 Å². The molecule has 5 heteroatoms. The number of nitrogens with two attached hydrogens (primary N) is 1. The van der Waals surface area contributed by atoms with E-state index in [-0.39, 0.29) is 5.91 Å². The summed E-state index contributed by atoms with van der Waals surface area (Å²) in [4.78, 5) is 18.5. The third kappa shape index (κ3) is 1.92. The summed E-state index contributed by atoms with van der Waals surface area (Å²) in [5.41, 5.74) is 6.11. The monoisotopic (exact) mass is 251 g/mol. The summed E-state index contributed by atoms with van der Waals surface area (Å²) >= 11 is 1.34. The van der Waals surface area contributed by atoms with E-state index in [0.717, 1.165) is 25.3 Å². The van der Waals surface area contributed by atoms with Crippen molar-refractivity contribution in [2.24, 2.45) is 5.92 Å². The minimum atomic E-state index is 0.0763. The maximum absolute atomic E-state index is 12.3. The second-order valence-corrected chi connectivity index (χ2v) is 5.86. The Hall–Kier alpha value is -1.10. The molecule has 17 heavy (non-hydrogen) atoms. The molecule has 4 nitrogen and oxygen atoms in total. The van der Waals surface area contributed by atoms with E-state index < -0.39 is 0 Å². The van der Waals surface area contributed by atoms with Crippen LogP contribution in [0.25, 0.3) is 0 Å². The molecule has 2 heterocycles. The van der Waals surface area contributed by atoms with Crippen LogP contribution in [-0.2, 0) is 0 Å². The molecule has 92 valence electrons. The van der Waals surface area contributed by atoms with E-state index in [4.69, 9.17) is 5.73 Å². The zero-order valence-corrected chi connectivity index (χ0v) is 10.6. The van der Waals surface area contributed by atoms with Crippen LogP contribution in [0.5, 0.6) is 0 Å². The van der Waals surface area contributed by atoms with Crippen LogP contribution in [0.15, 0.2) is 5.38 Å². The Bertz CT molecular complexity index is 431. The van der Waals surface area contributed by atoms with Crippen molar-refractivity contribution in [1.29, 1.82) is 0 Å². The van der Waals surface area contributed by atoms with Gasteiger partial charge in [0.25, 0.3) is 5.91 Å². The summed E-state index contributed by atoms with van der Waals surface area (Å²) in [5.74, 6) is 0.802. The van der Waals surface area contributed by atoms with E-state index >= 15 is 0 Å². The number of carbonyl (C=O) groups excluding carboxylic acids is 1. The van der Waals surface area contributed by atoms with Crippen LogP contribution in [0.2, 0.25) is 0 Å². The number of nitrogen functional groups attached to an aromatic ring is 1. The second kappa shape index (κ2) is 4.29. The zero-order valence-electron chi connectivity index (χ0n) is 9.76. The van der Waals surface area contributed by atoms with Gasteiger partial charge in [-0.3, -0.25) is 4.79 Å². The van der Waals surface area contributed by atoms with Crippen molar-refractivity contribution in [3.05, 3.63) is 11.1 Å². The van der Waals surface area contributed by atoms with Gasteiger partial charge in [-0.05, 0) is 25.2 Å². The molecule has 1 aromatic rings. The Morgan fingerprint density at radius 1 is 1.41 bits per heavy atom. The number of nitrogens with zero attached hydrogens (tertiary/aromatic N) is 2. The van der Waals surface area contributed by atoms with E-state index in [1.54, 1.807) is 5.38 Å².